The lowest BCUT2D eigenvalue weighted by Gasteiger charge is -2.45. The molecule has 186 valence electrons. The van der Waals surface area contributed by atoms with Crippen molar-refractivity contribution in [2.24, 2.45) is 29.6 Å². The van der Waals surface area contributed by atoms with E-state index in [9.17, 15) is 18.0 Å². The van der Waals surface area contributed by atoms with E-state index in [0.29, 0.717) is 29.1 Å². The molecule has 5 rings (SSSR count). The maximum absolute atomic E-state index is 12.7. The summed E-state index contributed by atoms with van der Waals surface area (Å²) in [6.45, 7) is 2.18. The Morgan fingerprint density at radius 3 is 2.60 bits per heavy atom. The zero-order chi connectivity index (χ0) is 24.6. The minimum absolute atomic E-state index is 0.00735. The second-order valence-corrected chi connectivity index (χ2v) is 10.1. The van der Waals surface area contributed by atoms with Crippen molar-refractivity contribution in [1.29, 1.82) is 0 Å². The Bertz CT molecular complexity index is 1060. The minimum Gasteiger partial charge on any atom is -0.487 e. The Balaban J connectivity index is 1.24. The molecule has 2 heterocycles. The fourth-order valence-corrected chi connectivity index (χ4v) is 6.33. The number of ether oxygens (including phenoxy) is 2. The van der Waals surface area contributed by atoms with Crippen molar-refractivity contribution in [3.05, 3.63) is 65.5 Å². The molecular formula is C28H30F3NO3. The van der Waals surface area contributed by atoms with Gasteiger partial charge in [-0.3, -0.25) is 9.78 Å². The number of allylic oxidation sites excluding steroid dienone is 1. The molecule has 0 spiro atoms. The summed E-state index contributed by atoms with van der Waals surface area (Å²) >= 11 is 0. The first-order chi connectivity index (χ1) is 16.8. The molecule has 3 fully saturated rings. The van der Waals surface area contributed by atoms with Crippen LogP contribution in [-0.4, -0.2) is 17.1 Å². The van der Waals surface area contributed by atoms with Gasteiger partial charge in [0.2, 0.25) is 0 Å². The molecule has 6 atom stereocenters. The van der Waals surface area contributed by atoms with Crippen LogP contribution in [0, 0.1) is 29.6 Å². The number of fused-ring (bicyclic) bond motifs is 2. The second-order valence-electron chi connectivity index (χ2n) is 10.1. The third kappa shape index (κ3) is 5.09. The number of carbonyl (C=O) groups excluding carboxylic acids is 1. The van der Waals surface area contributed by atoms with E-state index in [0.717, 1.165) is 24.2 Å². The minimum atomic E-state index is -4.35. The Labute approximate surface area is 203 Å². The number of halogens is 3. The van der Waals surface area contributed by atoms with Gasteiger partial charge in [0.05, 0.1) is 23.4 Å². The van der Waals surface area contributed by atoms with E-state index in [-0.39, 0.29) is 30.5 Å². The van der Waals surface area contributed by atoms with Crippen molar-refractivity contribution < 1.29 is 27.4 Å². The largest absolute Gasteiger partial charge is 0.487 e. The number of hydrogen-bond acceptors (Lipinski definition) is 4. The molecule has 6 unspecified atom stereocenters. The molecule has 0 amide bonds. The molecule has 2 saturated carbocycles. The van der Waals surface area contributed by atoms with Gasteiger partial charge in [0.1, 0.15) is 18.5 Å². The molecule has 35 heavy (non-hydrogen) atoms. The van der Waals surface area contributed by atoms with Crippen LogP contribution in [0.4, 0.5) is 13.2 Å². The van der Waals surface area contributed by atoms with Crippen molar-refractivity contribution >= 4 is 12.0 Å². The van der Waals surface area contributed by atoms with Crippen molar-refractivity contribution in [2.45, 2.75) is 57.9 Å². The summed E-state index contributed by atoms with van der Waals surface area (Å²) in [5.41, 5.74) is 0.781. The van der Waals surface area contributed by atoms with Gasteiger partial charge < -0.3 is 9.47 Å². The molecule has 1 aromatic carbocycles. The number of hydrogen-bond donors (Lipinski definition) is 0. The van der Waals surface area contributed by atoms with Gasteiger partial charge in [-0.1, -0.05) is 37.5 Å². The first kappa shape index (κ1) is 23.9. The highest BCUT2D eigenvalue weighted by molar-refractivity contribution is 5.75. The summed E-state index contributed by atoms with van der Waals surface area (Å²) in [6, 6.07) is 8.64. The zero-order valence-electron chi connectivity index (χ0n) is 19.7. The number of nitrogens with zero attached hydrogens (tertiary/aromatic N) is 1. The monoisotopic (exact) mass is 485 g/mol. The van der Waals surface area contributed by atoms with Gasteiger partial charge in [-0.25, -0.2) is 0 Å². The van der Waals surface area contributed by atoms with E-state index in [4.69, 9.17) is 9.47 Å². The number of benzene rings is 1. The van der Waals surface area contributed by atoms with E-state index in [2.05, 4.69) is 11.1 Å². The summed E-state index contributed by atoms with van der Waals surface area (Å²) in [7, 11) is 0. The average molecular weight is 486 g/mol. The normalized spacial score (nSPS) is 30.6. The topological polar surface area (TPSA) is 48.4 Å². The highest BCUT2D eigenvalue weighted by Gasteiger charge is 2.53. The number of carbonyl (C=O) groups is 1. The summed E-state index contributed by atoms with van der Waals surface area (Å²) in [5, 5.41) is 0. The fourth-order valence-electron chi connectivity index (χ4n) is 6.33. The number of alkyl halides is 3. The van der Waals surface area contributed by atoms with Gasteiger partial charge in [0.25, 0.3) is 0 Å². The number of aromatic nitrogens is 1. The Morgan fingerprint density at radius 2 is 1.89 bits per heavy atom. The maximum Gasteiger partial charge on any atom is 0.416 e. The predicted octanol–water partition coefficient (Wildman–Crippen LogP) is 6.70. The summed E-state index contributed by atoms with van der Waals surface area (Å²) in [4.78, 5) is 16.9. The van der Waals surface area contributed by atoms with Crippen LogP contribution >= 0.6 is 0 Å². The Kier molecular flexibility index (Phi) is 6.60. The Hall–Kier alpha value is -2.83. The molecule has 7 heteroatoms. The van der Waals surface area contributed by atoms with Crippen LogP contribution in [-0.2, 0) is 22.3 Å². The summed E-state index contributed by atoms with van der Waals surface area (Å²) < 4.78 is 49.5. The molecule has 4 nitrogen and oxygen atoms in total. The van der Waals surface area contributed by atoms with Gasteiger partial charge in [0, 0.05) is 5.92 Å². The SMILES string of the molecule is CC1OC(=O)C2CC3CCCCC3C(/C=C/c3ccc(OCc4ccc(C(F)(F)F)cc4)cn3)C12. The number of esters is 1. The van der Waals surface area contributed by atoms with Crippen molar-refractivity contribution in [3.8, 4) is 5.75 Å². The molecule has 2 aliphatic carbocycles. The first-order valence-corrected chi connectivity index (χ1v) is 12.4. The number of rotatable bonds is 5. The van der Waals surface area contributed by atoms with E-state index in [1.54, 1.807) is 6.20 Å². The van der Waals surface area contributed by atoms with Crippen LogP contribution in [0.2, 0.25) is 0 Å². The van der Waals surface area contributed by atoms with Crippen molar-refractivity contribution in [2.75, 3.05) is 0 Å². The van der Waals surface area contributed by atoms with E-state index in [1.165, 1.54) is 37.8 Å². The first-order valence-electron chi connectivity index (χ1n) is 12.4. The van der Waals surface area contributed by atoms with Gasteiger partial charge in [0.15, 0.2) is 0 Å². The molecule has 1 saturated heterocycles. The third-order valence-electron chi connectivity index (χ3n) is 8.01. The average Bonchev–Trinajstić information content (AvgIpc) is 3.13. The van der Waals surface area contributed by atoms with Crippen LogP contribution in [0.3, 0.4) is 0 Å². The van der Waals surface area contributed by atoms with Crippen LogP contribution in [0.5, 0.6) is 5.75 Å². The van der Waals surface area contributed by atoms with E-state index in [1.807, 2.05) is 25.1 Å². The van der Waals surface area contributed by atoms with Gasteiger partial charge >= 0.3 is 12.1 Å². The van der Waals surface area contributed by atoms with Crippen molar-refractivity contribution in [1.82, 2.24) is 4.98 Å². The van der Waals surface area contributed by atoms with Crippen LogP contribution in [0.25, 0.3) is 6.08 Å². The molecule has 0 N–H and O–H groups in total. The number of cyclic esters (lactones) is 1. The molecule has 2 aromatic rings. The Morgan fingerprint density at radius 1 is 1.11 bits per heavy atom. The molecular weight excluding hydrogens is 455 g/mol. The fraction of sp³-hybridized carbons (Fsp3) is 0.500. The van der Waals surface area contributed by atoms with Gasteiger partial charge in [-0.2, -0.15) is 13.2 Å². The van der Waals surface area contributed by atoms with Crippen molar-refractivity contribution in [3.63, 3.8) is 0 Å². The quantitative estimate of drug-likeness (QED) is 0.443. The second kappa shape index (κ2) is 9.67. The zero-order valence-corrected chi connectivity index (χ0v) is 19.7. The van der Waals surface area contributed by atoms with Crippen LogP contribution < -0.4 is 4.74 Å². The highest BCUT2D eigenvalue weighted by Crippen LogP contribution is 2.53. The van der Waals surface area contributed by atoms with E-state index >= 15 is 0 Å². The molecule has 0 bridgehead atoms. The lowest BCUT2D eigenvalue weighted by Crippen LogP contribution is -2.42. The lowest BCUT2D eigenvalue weighted by atomic mass is 9.57. The standard InChI is InChI=1S/C28H30F3NO3/c1-17-26-24(23-5-3-2-4-19(23)14-25(26)27(33)35-17)13-11-21-10-12-22(15-32-21)34-16-18-6-8-20(9-7-18)28(29,30)31/h6-13,15,17,19,23-26H,2-5,14,16H2,1H3/b13-11+. The highest BCUT2D eigenvalue weighted by atomic mass is 19.4. The molecule has 0 radical (unpaired) electrons. The maximum atomic E-state index is 12.7. The smallest absolute Gasteiger partial charge is 0.416 e. The van der Waals surface area contributed by atoms with Gasteiger partial charge in [-0.05, 0) is 73.4 Å². The van der Waals surface area contributed by atoms with Crippen LogP contribution in [0.15, 0.2) is 48.7 Å². The number of pyridine rings is 1. The molecule has 3 aliphatic rings. The van der Waals surface area contributed by atoms with Crippen LogP contribution in [0.1, 0.15) is 55.8 Å². The molecule has 1 aromatic heterocycles. The third-order valence-corrected chi connectivity index (χ3v) is 8.01. The van der Waals surface area contributed by atoms with Gasteiger partial charge in [-0.15, -0.1) is 0 Å². The van der Waals surface area contributed by atoms with E-state index < -0.39 is 11.7 Å². The summed E-state index contributed by atoms with van der Waals surface area (Å²) in [5.74, 6) is 2.24. The predicted molar refractivity (Wildman–Crippen MR) is 125 cm³/mol. The molecule has 1 aliphatic heterocycles. The summed E-state index contributed by atoms with van der Waals surface area (Å²) in [6.07, 6.45) is 7.35. The lowest BCUT2D eigenvalue weighted by molar-refractivity contribution is -0.144.